The van der Waals surface area contributed by atoms with Crippen LogP contribution in [0.25, 0.3) is 0 Å². The van der Waals surface area contributed by atoms with E-state index in [1.54, 1.807) is 19.9 Å². The zero-order valence-electron chi connectivity index (χ0n) is 8.65. The molecule has 0 aromatic carbocycles. The molecule has 1 N–H and O–H groups in total. The predicted molar refractivity (Wildman–Crippen MR) is 66.9 cm³/mol. The van der Waals surface area contributed by atoms with Gasteiger partial charge in [-0.2, -0.15) is 0 Å². The first-order valence-electron chi connectivity index (χ1n) is 4.57. The van der Waals surface area contributed by atoms with E-state index in [2.05, 4.69) is 6.58 Å². The molecular formula is C11H13Cl3O. The van der Waals surface area contributed by atoms with Gasteiger partial charge in [-0.1, -0.05) is 17.7 Å². The van der Waals surface area contributed by atoms with Gasteiger partial charge in [-0.15, -0.1) is 29.8 Å². The maximum atomic E-state index is 9.71. The molecule has 2 unspecified atom stereocenters. The Balaban J connectivity index is 3.31. The van der Waals surface area contributed by atoms with Crippen molar-refractivity contribution in [3.8, 4) is 0 Å². The van der Waals surface area contributed by atoms with Gasteiger partial charge in [0.1, 0.15) is 5.76 Å². The Bertz CT molecular complexity index is 357. The Kier molecular flexibility index (Phi) is 3.80. The topological polar surface area (TPSA) is 20.2 Å². The summed E-state index contributed by atoms with van der Waals surface area (Å²) in [6.45, 7) is 7.15. The third-order valence-corrected chi connectivity index (χ3v) is 4.69. The Morgan fingerprint density at radius 3 is 2.53 bits per heavy atom. The summed E-state index contributed by atoms with van der Waals surface area (Å²) < 4.78 is 0. The molecule has 0 radical (unpaired) electrons. The number of aliphatic hydroxyl groups excluding tert-OH is 1. The maximum absolute atomic E-state index is 9.71. The van der Waals surface area contributed by atoms with E-state index in [0.29, 0.717) is 22.6 Å². The van der Waals surface area contributed by atoms with Gasteiger partial charge in [-0.05, 0) is 31.4 Å². The fourth-order valence-corrected chi connectivity index (χ4v) is 2.74. The average molecular weight is 268 g/mol. The molecule has 84 valence electrons. The third-order valence-electron chi connectivity index (χ3n) is 2.76. The lowest BCUT2D eigenvalue weighted by Crippen LogP contribution is -2.38. The van der Waals surface area contributed by atoms with Gasteiger partial charge < -0.3 is 5.11 Å². The average Bonchev–Trinajstić information content (AvgIpc) is 2.22. The summed E-state index contributed by atoms with van der Waals surface area (Å²) in [5, 5.41) is 9.53. The lowest BCUT2D eigenvalue weighted by atomic mass is 9.83. The molecule has 0 amide bonds. The molecule has 1 nitrogen and oxygen atoms in total. The summed E-state index contributed by atoms with van der Waals surface area (Å²) in [6, 6.07) is 0. The number of halogens is 3. The van der Waals surface area contributed by atoms with Crippen molar-refractivity contribution in [2.45, 2.75) is 30.5 Å². The first-order chi connectivity index (χ1) is 6.86. The molecule has 0 spiro atoms. The van der Waals surface area contributed by atoms with Crippen LogP contribution < -0.4 is 0 Å². The Morgan fingerprint density at radius 2 is 2.07 bits per heavy atom. The number of hydrogen-bond acceptors (Lipinski definition) is 1. The molecule has 0 bridgehead atoms. The van der Waals surface area contributed by atoms with Crippen molar-refractivity contribution in [1.29, 1.82) is 0 Å². The minimum Gasteiger partial charge on any atom is -0.506 e. The lowest BCUT2D eigenvalue weighted by molar-refractivity contribution is 0.408. The molecule has 0 saturated carbocycles. The molecule has 1 rings (SSSR count). The van der Waals surface area contributed by atoms with Gasteiger partial charge in [0.05, 0.1) is 15.3 Å². The van der Waals surface area contributed by atoms with Gasteiger partial charge in [-0.25, -0.2) is 0 Å². The molecule has 0 heterocycles. The summed E-state index contributed by atoms with van der Waals surface area (Å²) in [4.78, 5) is -0.781. The van der Waals surface area contributed by atoms with Gasteiger partial charge in [0.15, 0.2) is 0 Å². The molecule has 4 heteroatoms. The van der Waals surface area contributed by atoms with Crippen LogP contribution >= 0.6 is 34.8 Å². The van der Waals surface area contributed by atoms with Gasteiger partial charge >= 0.3 is 0 Å². The van der Waals surface area contributed by atoms with E-state index in [1.807, 2.05) is 0 Å². The van der Waals surface area contributed by atoms with Crippen molar-refractivity contribution >= 4 is 34.8 Å². The van der Waals surface area contributed by atoms with E-state index in [1.165, 1.54) is 0 Å². The molecule has 0 aromatic heterocycles. The number of aliphatic hydroxyl groups is 1. The van der Waals surface area contributed by atoms with Crippen LogP contribution in [0.3, 0.4) is 0 Å². The van der Waals surface area contributed by atoms with E-state index < -0.39 is 10.3 Å². The second kappa shape index (κ2) is 4.40. The Morgan fingerprint density at radius 1 is 1.53 bits per heavy atom. The lowest BCUT2D eigenvalue weighted by Gasteiger charge is -2.36. The number of hydrogen-bond donors (Lipinski definition) is 1. The smallest absolute Gasteiger partial charge is 0.134 e. The van der Waals surface area contributed by atoms with E-state index in [9.17, 15) is 5.11 Å². The van der Waals surface area contributed by atoms with E-state index in [4.69, 9.17) is 34.8 Å². The molecule has 1 aliphatic carbocycles. The van der Waals surface area contributed by atoms with Crippen LogP contribution in [0, 0.1) is 0 Å². The molecule has 0 aromatic rings. The van der Waals surface area contributed by atoms with E-state index >= 15 is 0 Å². The van der Waals surface area contributed by atoms with Gasteiger partial charge in [0.25, 0.3) is 0 Å². The summed E-state index contributed by atoms with van der Waals surface area (Å²) in [6.07, 6.45) is 2.21. The van der Waals surface area contributed by atoms with Crippen molar-refractivity contribution in [3.63, 3.8) is 0 Å². The highest BCUT2D eigenvalue weighted by atomic mass is 35.5. The second-order valence-corrected chi connectivity index (χ2v) is 5.18. The third kappa shape index (κ3) is 1.93. The largest absolute Gasteiger partial charge is 0.506 e. The van der Waals surface area contributed by atoms with Crippen LogP contribution in [-0.4, -0.2) is 15.4 Å². The highest BCUT2D eigenvalue weighted by Crippen LogP contribution is 2.47. The molecule has 1 aliphatic rings. The zero-order chi connectivity index (χ0) is 11.8. The first kappa shape index (κ1) is 13.0. The molecule has 15 heavy (non-hydrogen) atoms. The Hall–Kier alpha value is -0.110. The van der Waals surface area contributed by atoms with Crippen LogP contribution in [0.1, 0.15) is 20.3 Å². The fraction of sp³-hybridized carbons (Fsp3) is 0.455. The number of allylic oxidation sites excluding steroid dienone is 4. The van der Waals surface area contributed by atoms with Crippen molar-refractivity contribution in [1.82, 2.24) is 0 Å². The summed E-state index contributed by atoms with van der Waals surface area (Å²) in [7, 11) is 0. The van der Waals surface area contributed by atoms with E-state index in [-0.39, 0.29) is 5.76 Å². The van der Waals surface area contributed by atoms with Gasteiger partial charge in [0, 0.05) is 0 Å². The van der Waals surface area contributed by atoms with Gasteiger partial charge in [-0.3, -0.25) is 0 Å². The van der Waals surface area contributed by atoms with Crippen molar-refractivity contribution in [2.75, 3.05) is 0 Å². The molecule has 0 saturated heterocycles. The number of alkyl halides is 2. The maximum Gasteiger partial charge on any atom is 0.134 e. The van der Waals surface area contributed by atoms with Crippen molar-refractivity contribution < 1.29 is 5.11 Å². The normalized spacial score (nSPS) is 32.2. The monoisotopic (exact) mass is 266 g/mol. The van der Waals surface area contributed by atoms with Crippen LogP contribution in [0.4, 0.5) is 0 Å². The zero-order valence-corrected chi connectivity index (χ0v) is 10.9. The summed E-state index contributed by atoms with van der Waals surface area (Å²) in [5.41, 5.74) is 1.29. The number of rotatable bonds is 2. The standard InChI is InChI=1S/C11H13Cl3O/c1-4-5-11(14)7(3)8(12)9(15)6(2)10(11)13/h4,10,15H,1,5H2,2-3H3. The van der Waals surface area contributed by atoms with E-state index in [0.717, 1.165) is 0 Å². The predicted octanol–water partition coefficient (Wildman–Crippen LogP) is 4.51. The van der Waals surface area contributed by atoms with Crippen LogP contribution in [0.5, 0.6) is 0 Å². The summed E-state index contributed by atoms with van der Waals surface area (Å²) >= 11 is 18.7. The molecule has 2 atom stereocenters. The highest BCUT2D eigenvalue weighted by molar-refractivity contribution is 6.39. The molecule has 0 fully saturated rings. The van der Waals surface area contributed by atoms with Crippen LogP contribution in [0.2, 0.25) is 0 Å². The quantitative estimate of drug-likeness (QED) is 0.577. The first-order valence-corrected chi connectivity index (χ1v) is 5.76. The van der Waals surface area contributed by atoms with Crippen LogP contribution in [0.15, 0.2) is 34.6 Å². The molecular weight excluding hydrogens is 254 g/mol. The van der Waals surface area contributed by atoms with Gasteiger partial charge in [0.2, 0.25) is 0 Å². The van der Waals surface area contributed by atoms with Crippen molar-refractivity contribution in [2.24, 2.45) is 0 Å². The minimum atomic E-state index is -0.781. The van der Waals surface area contributed by atoms with Crippen LogP contribution in [-0.2, 0) is 0 Å². The minimum absolute atomic E-state index is 0.0366. The van der Waals surface area contributed by atoms with Crippen molar-refractivity contribution in [3.05, 3.63) is 34.6 Å². The second-order valence-electron chi connectivity index (χ2n) is 3.69. The molecule has 0 aliphatic heterocycles. The highest BCUT2D eigenvalue weighted by Gasteiger charge is 2.43. The fourth-order valence-electron chi connectivity index (χ4n) is 1.65. The SMILES string of the molecule is C=CCC1(Cl)C(C)=C(Cl)C(O)=C(C)C1Cl. The summed E-state index contributed by atoms with van der Waals surface area (Å²) in [5.74, 6) is 0.0366. The Labute approximate surface area is 105 Å².